The van der Waals surface area contributed by atoms with Crippen molar-refractivity contribution in [2.45, 2.75) is 57.3 Å². The number of hydrogen-bond acceptors (Lipinski definition) is 3. The van der Waals surface area contributed by atoms with Gasteiger partial charge in [-0.2, -0.15) is 0 Å². The van der Waals surface area contributed by atoms with Crippen molar-refractivity contribution in [2.75, 3.05) is 13.7 Å². The molecule has 4 heteroatoms. The Kier molecular flexibility index (Phi) is 5.91. The second-order valence-corrected chi connectivity index (χ2v) is 6.26. The normalized spacial score (nSPS) is 27.5. The standard InChI is InChI=1S/C17H26N2O.ClH/c1-3-20-17-6-4-5-13(9-17)12-19(2)16-10-14-7-8-15(11-16)18-14;/h4-6,9,14-16,18H,3,7-8,10-12H2,1-2H3;1H. The van der Waals surface area contributed by atoms with Crippen LogP contribution in [0.3, 0.4) is 0 Å². The molecule has 2 bridgehead atoms. The van der Waals surface area contributed by atoms with Crippen molar-refractivity contribution < 1.29 is 4.74 Å². The van der Waals surface area contributed by atoms with E-state index in [1.165, 1.54) is 31.2 Å². The van der Waals surface area contributed by atoms with Gasteiger partial charge in [-0.1, -0.05) is 12.1 Å². The van der Waals surface area contributed by atoms with Crippen LogP contribution in [0.1, 0.15) is 38.2 Å². The summed E-state index contributed by atoms with van der Waals surface area (Å²) in [5.41, 5.74) is 1.35. The van der Waals surface area contributed by atoms with E-state index in [2.05, 4.69) is 35.5 Å². The van der Waals surface area contributed by atoms with Crippen LogP contribution in [0.4, 0.5) is 0 Å². The van der Waals surface area contributed by atoms with Gasteiger partial charge >= 0.3 is 0 Å². The Morgan fingerprint density at radius 2 is 1.95 bits per heavy atom. The number of nitrogens with zero attached hydrogens (tertiary/aromatic N) is 1. The fourth-order valence-corrected chi connectivity index (χ4v) is 3.70. The summed E-state index contributed by atoms with van der Waals surface area (Å²) in [5.74, 6) is 0.990. The van der Waals surface area contributed by atoms with E-state index >= 15 is 0 Å². The summed E-state index contributed by atoms with van der Waals surface area (Å²) in [6, 6.07) is 10.8. The molecule has 21 heavy (non-hydrogen) atoms. The molecule has 3 nitrogen and oxygen atoms in total. The maximum Gasteiger partial charge on any atom is 0.119 e. The molecule has 2 saturated heterocycles. The monoisotopic (exact) mass is 310 g/mol. The van der Waals surface area contributed by atoms with Crippen molar-refractivity contribution in [3.8, 4) is 5.75 Å². The van der Waals surface area contributed by atoms with Gasteiger partial charge in [0, 0.05) is 24.7 Å². The SMILES string of the molecule is CCOc1cccc(CN(C)C2CC3CCC(C2)N3)c1.Cl. The Morgan fingerprint density at radius 1 is 1.24 bits per heavy atom. The van der Waals surface area contributed by atoms with Crippen LogP contribution < -0.4 is 10.1 Å². The molecular formula is C17H27ClN2O. The van der Waals surface area contributed by atoms with Gasteiger partial charge < -0.3 is 10.1 Å². The highest BCUT2D eigenvalue weighted by molar-refractivity contribution is 5.85. The maximum atomic E-state index is 5.59. The highest BCUT2D eigenvalue weighted by Crippen LogP contribution is 2.30. The quantitative estimate of drug-likeness (QED) is 0.903. The van der Waals surface area contributed by atoms with Crippen LogP contribution in [0.2, 0.25) is 0 Å². The lowest BCUT2D eigenvalue weighted by Crippen LogP contribution is -2.46. The molecule has 3 rings (SSSR count). The first-order valence-corrected chi connectivity index (χ1v) is 7.92. The third-order valence-corrected chi connectivity index (χ3v) is 4.71. The van der Waals surface area contributed by atoms with E-state index in [0.29, 0.717) is 0 Å². The number of benzene rings is 1. The van der Waals surface area contributed by atoms with Gasteiger partial charge in [-0.05, 0) is 57.4 Å². The van der Waals surface area contributed by atoms with E-state index in [0.717, 1.165) is 37.0 Å². The number of ether oxygens (including phenoxy) is 1. The summed E-state index contributed by atoms with van der Waals surface area (Å²) in [6.45, 7) is 3.78. The van der Waals surface area contributed by atoms with Gasteiger partial charge in [-0.15, -0.1) is 12.4 Å². The minimum atomic E-state index is 0. The van der Waals surface area contributed by atoms with Crippen LogP contribution in [-0.2, 0) is 6.54 Å². The average molecular weight is 311 g/mol. The van der Waals surface area contributed by atoms with Gasteiger partial charge in [0.2, 0.25) is 0 Å². The van der Waals surface area contributed by atoms with Crippen molar-refractivity contribution in [3.05, 3.63) is 29.8 Å². The lowest BCUT2D eigenvalue weighted by molar-refractivity contribution is 0.166. The summed E-state index contributed by atoms with van der Waals surface area (Å²) in [6.07, 6.45) is 5.35. The first kappa shape index (κ1) is 16.6. The Labute approximate surface area is 134 Å². The molecule has 2 aliphatic rings. The van der Waals surface area contributed by atoms with Gasteiger partial charge in [0.05, 0.1) is 6.61 Å². The molecule has 2 unspecified atom stereocenters. The van der Waals surface area contributed by atoms with Crippen LogP contribution in [0.5, 0.6) is 5.75 Å². The number of piperidine rings is 1. The second-order valence-electron chi connectivity index (χ2n) is 6.26. The third kappa shape index (κ3) is 4.12. The summed E-state index contributed by atoms with van der Waals surface area (Å²) in [7, 11) is 2.27. The van der Waals surface area contributed by atoms with Crippen LogP contribution in [0.15, 0.2) is 24.3 Å². The van der Waals surface area contributed by atoms with Crippen molar-refractivity contribution in [2.24, 2.45) is 0 Å². The van der Waals surface area contributed by atoms with Crippen LogP contribution >= 0.6 is 12.4 Å². The lowest BCUT2D eigenvalue weighted by Gasteiger charge is -2.35. The highest BCUT2D eigenvalue weighted by Gasteiger charge is 2.34. The maximum absolute atomic E-state index is 5.59. The molecule has 0 amide bonds. The summed E-state index contributed by atoms with van der Waals surface area (Å²) in [5, 5.41) is 3.72. The largest absolute Gasteiger partial charge is 0.494 e. The Bertz CT molecular complexity index is 442. The van der Waals surface area contributed by atoms with Crippen molar-refractivity contribution in [1.82, 2.24) is 10.2 Å². The van der Waals surface area contributed by atoms with E-state index < -0.39 is 0 Å². The van der Waals surface area contributed by atoms with E-state index in [4.69, 9.17) is 4.74 Å². The fraction of sp³-hybridized carbons (Fsp3) is 0.647. The Balaban J connectivity index is 0.00000161. The first-order valence-electron chi connectivity index (χ1n) is 7.92. The average Bonchev–Trinajstić information content (AvgIpc) is 2.78. The fourth-order valence-electron chi connectivity index (χ4n) is 3.70. The summed E-state index contributed by atoms with van der Waals surface area (Å²) in [4.78, 5) is 2.53. The molecule has 1 N–H and O–H groups in total. The number of rotatable bonds is 5. The van der Waals surface area contributed by atoms with Gasteiger partial charge in [0.25, 0.3) is 0 Å². The van der Waals surface area contributed by atoms with Crippen LogP contribution in [0, 0.1) is 0 Å². The molecule has 0 spiro atoms. The molecule has 1 aromatic rings. The third-order valence-electron chi connectivity index (χ3n) is 4.71. The lowest BCUT2D eigenvalue weighted by atomic mass is 9.98. The van der Waals surface area contributed by atoms with E-state index in [1.807, 2.05) is 13.0 Å². The molecule has 0 aliphatic carbocycles. The smallest absolute Gasteiger partial charge is 0.119 e. The van der Waals surface area contributed by atoms with E-state index in [9.17, 15) is 0 Å². The number of halogens is 1. The molecule has 2 fully saturated rings. The minimum absolute atomic E-state index is 0. The first-order chi connectivity index (χ1) is 9.74. The van der Waals surface area contributed by atoms with Gasteiger partial charge in [0.1, 0.15) is 5.75 Å². The van der Waals surface area contributed by atoms with Crippen molar-refractivity contribution >= 4 is 12.4 Å². The number of fused-ring (bicyclic) bond motifs is 2. The zero-order valence-electron chi connectivity index (χ0n) is 13.0. The molecule has 0 aromatic heterocycles. The van der Waals surface area contributed by atoms with E-state index in [1.54, 1.807) is 0 Å². The summed E-state index contributed by atoms with van der Waals surface area (Å²) < 4.78 is 5.59. The van der Waals surface area contributed by atoms with Gasteiger partial charge in [-0.25, -0.2) is 0 Å². The predicted molar refractivity (Wildman–Crippen MR) is 89.3 cm³/mol. The zero-order valence-corrected chi connectivity index (χ0v) is 13.9. The highest BCUT2D eigenvalue weighted by atomic mass is 35.5. The molecule has 2 atom stereocenters. The molecule has 0 saturated carbocycles. The van der Waals surface area contributed by atoms with Crippen molar-refractivity contribution in [1.29, 1.82) is 0 Å². The Morgan fingerprint density at radius 3 is 2.62 bits per heavy atom. The second kappa shape index (κ2) is 7.48. The molecule has 0 radical (unpaired) electrons. The minimum Gasteiger partial charge on any atom is -0.494 e. The molecule has 1 aromatic carbocycles. The molecule has 118 valence electrons. The summed E-state index contributed by atoms with van der Waals surface area (Å²) >= 11 is 0. The number of hydrogen-bond donors (Lipinski definition) is 1. The van der Waals surface area contributed by atoms with E-state index in [-0.39, 0.29) is 12.4 Å². The Hall–Kier alpha value is -0.770. The zero-order chi connectivity index (χ0) is 13.9. The van der Waals surface area contributed by atoms with Crippen molar-refractivity contribution in [3.63, 3.8) is 0 Å². The van der Waals surface area contributed by atoms with Gasteiger partial charge in [-0.3, -0.25) is 4.90 Å². The topological polar surface area (TPSA) is 24.5 Å². The predicted octanol–water partition coefficient (Wildman–Crippen LogP) is 3.22. The van der Waals surface area contributed by atoms with Gasteiger partial charge in [0.15, 0.2) is 0 Å². The van der Waals surface area contributed by atoms with Crippen LogP contribution in [-0.4, -0.2) is 36.7 Å². The molecule has 2 heterocycles. The molecular weight excluding hydrogens is 284 g/mol. The molecule has 2 aliphatic heterocycles. The van der Waals surface area contributed by atoms with Crippen LogP contribution in [0.25, 0.3) is 0 Å². The number of nitrogens with one attached hydrogen (secondary N) is 1.